The van der Waals surface area contributed by atoms with Crippen LogP contribution >= 0.6 is 0 Å². The molecule has 0 atom stereocenters. The number of amides is 1. The van der Waals surface area contributed by atoms with Gasteiger partial charge in [-0.15, -0.1) is 0 Å². The normalized spacial score (nSPS) is 18.2. The highest BCUT2D eigenvalue weighted by atomic mass is 19.1. The first-order chi connectivity index (χ1) is 15.3. The minimum atomic E-state index is -0.984. The van der Waals surface area contributed by atoms with Crippen molar-refractivity contribution in [3.8, 4) is 0 Å². The van der Waals surface area contributed by atoms with E-state index in [-0.39, 0.29) is 30.5 Å². The lowest BCUT2D eigenvalue weighted by molar-refractivity contribution is -0.142. The molecule has 0 aromatic heterocycles. The Morgan fingerprint density at radius 1 is 1.00 bits per heavy atom. The van der Waals surface area contributed by atoms with E-state index in [1.807, 2.05) is 0 Å². The van der Waals surface area contributed by atoms with Crippen LogP contribution in [0.25, 0.3) is 0 Å². The summed E-state index contributed by atoms with van der Waals surface area (Å²) in [6, 6.07) is 9.87. The summed E-state index contributed by atoms with van der Waals surface area (Å²) < 4.78 is 38.7. The van der Waals surface area contributed by atoms with Gasteiger partial charge >= 0.3 is 12.1 Å². The molecule has 6 nitrogen and oxygen atoms in total. The van der Waals surface area contributed by atoms with Crippen LogP contribution < -0.4 is 4.90 Å². The minimum absolute atomic E-state index is 0.166. The Balaban J connectivity index is 1.61. The predicted octanol–water partition coefficient (Wildman–Crippen LogP) is 5.46. The molecule has 0 bridgehead atoms. The zero-order valence-electron chi connectivity index (χ0n) is 17.9. The fourth-order valence-corrected chi connectivity index (χ4v) is 3.83. The van der Waals surface area contributed by atoms with Crippen molar-refractivity contribution in [1.82, 2.24) is 0 Å². The van der Waals surface area contributed by atoms with Gasteiger partial charge in [-0.25, -0.2) is 23.3 Å². The average Bonchev–Trinajstić information content (AvgIpc) is 2.76. The first kappa shape index (κ1) is 23.7. The second-order valence-electron chi connectivity index (χ2n) is 8.12. The summed E-state index contributed by atoms with van der Waals surface area (Å²) in [5, 5.41) is 8.64. The van der Waals surface area contributed by atoms with Gasteiger partial charge in [0.2, 0.25) is 0 Å². The van der Waals surface area contributed by atoms with Crippen LogP contribution in [0.5, 0.6) is 0 Å². The first-order valence-electron chi connectivity index (χ1n) is 10.6. The molecule has 1 saturated carbocycles. The van der Waals surface area contributed by atoms with Crippen molar-refractivity contribution in [2.24, 2.45) is 11.8 Å². The minimum Gasteiger partial charge on any atom is -0.480 e. The molecule has 0 saturated heterocycles. The SMILES string of the molecule is Cc1ccc(N(C(=O)OC[C@H]2CC[C@H](COCC(=O)O)CC2)c2cccc(F)c2)cc1F. The number of aryl methyl sites for hydroxylation is 1. The molecule has 172 valence electrons. The third-order valence-electron chi connectivity index (χ3n) is 5.65. The molecule has 2 aromatic rings. The van der Waals surface area contributed by atoms with E-state index in [0.29, 0.717) is 18.1 Å². The highest BCUT2D eigenvalue weighted by molar-refractivity contribution is 5.96. The van der Waals surface area contributed by atoms with Gasteiger partial charge in [0.05, 0.1) is 24.6 Å². The summed E-state index contributed by atoms with van der Waals surface area (Å²) in [4.78, 5) is 24.6. The van der Waals surface area contributed by atoms with Crippen molar-refractivity contribution in [3.05, 3.63) is 59.7 Å². The van der Waals surface area contributed by atoms with Gasteiger partial charge in [0.1, 0.15) is 18.2 Å². The van der Waals surface area contributed by atoms with Crippen LogP contribution in [0.2, 0.25) is 0 Å². The number of aliphatic carboxylic acids is 1. The molecule has 0 radical (unpaired) electrons. The quantitative estimate of drug-likeness (QED) is 0.582. The van der Waals surface area contributed by atoms with Crippen LogP contribution in [0.4, 0.5) is 25.0 Å². The van der Waals surface area contributed by atoms with Crippen LogP contribution in [0, 0.1) is 30.4 Å². The number of carboxylic acid groups (broad SMARTS) is 1. The lowest BCUT2D eigenvalue weighted by Crippen LogP contribution is -2.30. The molecule has 1 aliphatic rings. The van der Waals surface area contributed by atoms with Gasteiger partial charge in [-0.05, 0) is 80.3 Å². The molecule has 0 heterocycles. The fourth-order valence-electron chi connectivity index (χ4n) is 3.83. The van der Waals surface area contributed by atoms with Gasteiger partial charge < -0.3 is 14.6 Å². The maximum atomic E-state index is 14.1. The molecule has 1 N–H and O–H groups in total. The van der Waals surface area contributed by atoms with E-state index in [4.69, 9.17) is 14.6 Å². The molecule has 0 unspecified atom stereocenters. The molecule has 1 amide bonds. The number of anilines is 2. The number of carboxylic acids is 1. The summed E-state index contributed by atoms with van der Waals surface area (Å²) in [5.74, 6) is -1.52. The molecule has 32 heavy (non-hydrogen) atoms. The second kappa shape index (κ2) is 11.0. The maximum Gasteiger partial charge on any atom is 0.418 e. The highest BCUT2D eigenvalue weighted by Crippen LogP contribution is 2.31. The Morgan fingerprint density at radius 3 is 2.28 bits per heavy atom. The Hall–Kier alpha value is -3.00. The number of benzene rings is 2. The van der Waals surface area contributed by atoms with E-state index in [2.05, 4.69) is 0 Å². The highest BCUT2D eigenvalue weighted by Gasteiger charge is 2.25. The van der Waals surface area contributed by atoms with Gasteiger partial charge in [0.15, 0.2) is 0 Å². The van der Waals surface area contributed by atoms with E-state index in [0.717, 1.165) is 30.6 Å². The number of rotatable bonds is 8. The van der Waals surface area contributed by atoms with E-state index < -0.39 is 23.7 Å². The first-order valence-corrected chi connectivity index (χ1v) is 10.6. The number of hydrogen-bond donors (Lipinski definition) is 1. The van der Waals surface area contributed by atoms with Crippen LogP contribution in [0.15, 0.2) is 42.5 Å². The van der Waals surface area contributed by atoms with E-state index in [1.54, 1.807) is 25.1 Å². The van der Waals surface area contributed by atoms with Gasteiger partial charge in [-0.3, -0.25) is 0 Å². The molecule has 8 heteroatoms. The lowest BCUT2D eigenvalue weighted by atomic mass is 9.83. The van der Waals surface area contributed by atoms with E-state index in [1.165, 1.54) is 24.3 Å². The Bertz CT molecular complexity index is 944. The monoisotopic (exact) mass is 447 g/mol. The van der Waals surface area contributed by atoms with Crippen LogP contribution in [0.3, 0.4) is 0 Å². The molecule has 3 rings (SSSR count). The van der Waals surface area contributed by atoms with Gasteiger partial charge in [-0.1, -0.05) is 12.1 Å². The smallest absolute Gasteiger partial charge is 0.418 e. The summed E-state index contributed by atoms with van der Waals surface area (Å²) in [6.45, 7) is 1.92. The Morgan fingerprint density at radius 2 is 1.66 bits per heavy atom. The summed E-state index contributed by atoms with van der Waals surface area (Å²) in [7, 11) is 0. The van der Waals surface area contributed by atoms with Gasteiger partial charge in [0, 0.05) is 0 Å². The summed E-state index contributed by atoms with van der Waals surface area (Å²) in [6.07, 6.45) is 2.67. The molecule has 1 aliphatic carbocycles. The van der Waals surface area contributed by atoms with Crippen LogP contribution in [-0.4, -0.2) is 37.0 Å². The van der Waals surface area contributed by atoms with Crippen molar-refractivity contribution in [2.45, 2.75) is 32.6 Å². The van der Waals surface area contributed by atoms with Crippen molar-refractivity contribution in [2.75, 3.05) is 24.7 Å². The summed E-state index contributed by atoms with van der Waals surface area (Å²) >= 11 is 0. The van der Waals surface area contributed by atoms with Crippen LogP contribution in [0.1, 0.15) is 31.2 Å². The zero-order chi connectivity index (χ0) is 23.1. The molecule has 0 aliphatic heterocycles. The van der Waals surface area contributed by atoms with E-state index in [9.17, 15) is 18.4 Å². The average molecular weight is 447 g/mol. The van der Waals surface area contributed by atoms with E-state index >= 15 is 0 Å². The van der Waals surface area contributed by atoms with Gasteiger partial charge in [-0.2, -0.15) is 0 Å². The van der Waals surface area contributed by atoms with Gasteiger partial charge in [0.25, 0.3) is 0 Å². The topological polar surface area (TPSA) is 76.1 Å². The molecular weight excluding hydrogens is 420 g/mol. The predicted molar refractivity (Wildman–Crippen MR) is 115 cm³/mol. The van der Waals surface area contributed by atoms with Crippen molar-refractivity contribution < 1.29 is 33.0 Å². The number of ether oxygens (including phenoxy) is 2. The van der Waals surface area contributed by atoms with Crippen LogP contribution in [-0.2, 0) is 14.3 Å². The number of hydrogen-bond acceptors (Lipinski definition) is 4. The maximum absolute atomic E-state index is 14.1. The Kier molecular flexibility index (Phi) is 8.16. The van der Waals surface area contributed by atoms with Crippen molar-refractivity contribution in [3.63, 3.8) is 0 Å². The number of nitrogens with zero attached hydrogens (tertiary/aromatic N) is 1. The zero-order valence-corrected chi connectivity index (χ0v) is 17.9. The fraction of sp³-hybridized carbons (Fsp3) is 0.417. The summed E-state index contributed by atoms with van der Waals surface area (Å²) in [5.41, 5.74) is 0.936. The molecular formula is C24H27F2NO5. The second-order valence-corrected chi connectivity index (χ2v) is 8.12. The van der Waals surface area contributed by atoms with Crippen molar-refractivity contribution in [1.29, 1.82) is 0 Å². The number of carbonyl (C=O) groups excluding carboxylic acids is 1. The number of carbonyl (C=O) groups is 2. The molecule has 1 fully saturated rings. The standard InChI is InChI=1S/C24H27F2NO5/c1-16-5-10-21(12-22(16)26)27(20-4-2-3-19(25)11-20)24(30)32-14-18-8-6-17(7-9-18)13-31-15-23(28)29/h2-5,10-12,17-18H,6-9,13-15H2,1H3,(H,28,29)/t17-,18-. The third-order valence-corrected chi connectivity index (χ3v) is 5.65. The third kappa shape index (κ3) is 6.50. The van der Waals surface area contributed by atoms with Crippen molar-refractivity contribution >= 4 is 23.4 Å². The number of halogens is 2. The Labute approximate surface area is 185 Å². The molecule has 0 spiro atoms. The molecule has 2 aromatic carbocycles. The largest absolute Gasteiger partial charge is 0.480 e. The lowest BCUT2D eigenvalue weighted by Gasteiger charge is -2.29.